The highest BCUT2D eigenvalue weighted by molar-refractivity contribution is 8.13. The predicted octanol–water partition coefficient (Wildman–Crippen LogP) is 2.37. The highest BCUT2D eigenvalue weighted by Crippen LogP contribution is 2.26. The zero-order chi connectivity index (χ0) is 17.9. The molecule has 0 aromatic rings. The fourth-order valence-electron chi connectivity index (χ4n) is 3.16. The Hall–Kier alpha value is -1.24. The van der Waals surface area contributed by atoms with Crippen LogP contribution in [0.3, 0.4) is 0 Å². The van der Waals surface area contributed by atoms with E-state index in [0.717, 1.165) is 13.0 Å². The summed E-state index contributed by atoms with van der Waals surface area (Å²) in [5, 5.41) is 0.102. The fraction of sp³-hybridized carbons (Fsp3) is 0.824. The Morgan fingerprint density at radius 1 is 1.25 bits per heavy atom. The van der Waals surface area contributed by atoms with Crippen LogP contribution in [0.5, 0.6) is 0 Å². The Kier molecular flexibility index (Phi) is 6.17. The third kappa shape index (κ3) is 5.69. The third-order valence-electron chi connectivity index (χ3n) is 4.23. The molecule has 0 aliphatic carbocycles. The Morgan fingerprint density at radius 2 is 1.96 bits per heavy atom. The quantitative estimate of drug-likeness (QED) is 0.774. The van der Waals surface area contributed by atoms with Crippen molar-refractivity contribution in [2.24, 2.45) is 11.8 Å². The van der Waals surface area contributed by atoms with E-state index in [2.05, 4.69) is 0 Å². The molecule has 6 nitrogen and oxygen atoms in total. The third-order valence-corrected chi connectivity index (χ3v) is 5.28. The topological polar surface area (TPSA) is 66.9 Å². The van der Waals surface area contributed by atoms with Crippen LogP contribution < -0.4 is 0 Å². The van der Waals surface area contributed by atoms with E-state index in [4.69, 9.17) is 4.74 Å². The van der Waals surface area contributed by atoms with Gasteiger partial charge in [-0.15, -0.1) is 0 Å². The molecule has 136 valence electrons. The van der Waals surface area contributed by atoms with Crippen molar-refractivity contribution in [3.05, 3.63) is 0 Å². The van der Waals surface area contributed by atoms with Gasteiger partial charge in [-0.3, -0.25) is 9.59 Å². The van der Waals surface area contributed by atoms with Crippen molar-refractivity contribution in [1.82, 2.24) is 9.80 Å². The molecule has 2 aliphatic heterocycles. The molecule has 2 rings (SSSR count). The molecule has 0 bridgehead atoms. The molecule has 2 fully saturated rings. The van der Waals surface area contributed by atoms with Gasteiger partial charge in [-0.25, -0.2) is 4.79 Å². The number of hydrogen-bond donors (Lipinski definition) is 0. The average Bonchev–Trinajstić information content (AvgIpc) is 3.03. The van der Waals surface area contributed by atoms with Crippen LogP contribution in [-0.2, 0) is 14.3 Å². The van der Waals surface area contributed by atoms with Crippen molar-refractivity contribution < 1.29 is 19.1 Å². The second-order valence-corrected chi connectivity index (χ2v) is 8.95. The number of rotatable bonds is 4. The van der Waals surface area contributed by atoms with Gasteiger partial charge in [-0.1, -0.05) is 11.8 Å². The van der Waals surface area contributed by atoms with Crippen molar-refractivity contribution in [1.29, 1.82) is 0 Å². The summed E-state index contributed by atoms with van der Waals surface area (Å²) in [5.74, 6) is 1.45. The largest absolute Gasteiger partial charge is 0.444 e. The SMILES string of the molecule is CC(=O)SCC1CC(=O)N(CC2CCN(C(=O)OC(C)(C)C)C2)C1. The van der Waals surface area contributed by atoms with Gasteiger partial charge in [-0.2, -0.15) is 0 Å². The minimum absolute atomic E-state index is 0.102. The van der Waals surface area contributed by atoms with Crippen molar-refractivity contribution in [2.75, 3.05) is 31.9 Å². The molecule has 2 atom stereocenters. The molecule has 2 heterocycles. The van der Waals surface area contributed by atoms with Crippen LogP contribution in [0.2, 0.25) is 0 Å². The number of nitrogens with zero attached hydrogens (tertiary/aromatic N) is 2. The molecular formula is C17H28N2O4S. The smallest absolute Gasteiger partial charge is 0.410 e. The van der Waals surface area contributed by atoms with Gasteiger partial charge in [0.25, 0.3) is 0 Å². The molecule has 0 saturated carbocycles. The molecule has 0 aromatic heterocycles. The van der Waals surface area contributed by atoms with Gasteiger partial charge in [0.05, 0.1) is 0 Å². The average molecular weight is 356 g/mol. The number of hydrogen-bond acceptors (Lipinski definition) is 5. The van der Waals surface area contributed by atoms with E-state index in [1.54, 1.807) is 11.8 Å². The van der Waals surface area contributed by atoms with E-state index in [-0.39, 0.29) is 23.0 Å². The van der Waals surface area contributed by atoms with Crippen LogP contribution in [0.4, 0.5) is 4.79 Å². The van der Waals surface area contributed by atoms with Crippen LogP contribution in [0.25, 0.3) is 0 Å². The predicted molar refractivity (Wildman–Crippen MR) is 93.7 cm³/mol. The first-order chi connectivity index (χ1) is 11.1. The number of thioether (sulfide) groups is 1. The minimum Gasteiger partial charge on any atom is -0.444 e. The van der Waals surface area contributed by atoms with E-state index < -0.39 is 5.60 Å². The van der Waals surface area contributed by atoms with Gasteiger partial charge in [0.15, 0.2) is 5.12 Å². The summed E-state index contributed by atoms with van der Waals surface area (Å²) in [6.45, 7) is 9.89. The molecule has 0 spiro atoms. The zero-order valence-corrected chi connectivity index (χ0v) is 15.9. The van der Waals surface area contributed by atoms with Gasteiger partial charge in [0, 0.05) is 45.3 Å². The Balaban J connectivity index is 1.78. The molecule has 2 amide bonds. The highest BCUT2D eigenvalue weighted by atomic mass is 32.2. The number of carbonyl (C=O) groups excluding carboxylic acids is 3. The number of likely N-dealkylation sites (tertiary alicyclic amines) is 2. The van der Waals surface area contributed by atoms with Crippen LogP contribution in [0.1, 0.15) is 40.5 Å². The first kappa shape index (κ1) is 19.1. The van der Waals surface area contributed by atoms with Crippen molar-refractivity contribution >= 4 is 28.9 Å². The van der Waals surface area contributed by atoms with Crippen molar-refractivity contribution in [2.45, 2.75) is 46.1 Å². The van der Waals surface area contributed by atoms with Crippen molar-refractivity contribution in [3.8, 4) is 0 Å². The standard InChI is InChI=1S/C17H28N2O4S/c1-12(20)24-11-14-7-15(21)19(10-14)9-13-5-6-18(8-13)16(22)23-17(2,3)4/h13-14H,5-11H2,1-4H3. The normalized spacial score (nSPS) is 24.6. The maximum Gasteiger partial charge on any atom is 0.410 e. The van der Waals surface area contributed by atoms with E-state index >= 15 is 0 Å². The van der Waals surface area contributed by atoms with Gasteiger partial charge in [0.2, 0.25) is 5.91 Å². The lowest BCUT2D eigenvalue weighted by Crippen LogP contribution is -2.37. The Morgan fingerprint density at radius 3 is 2.58 bits per heavy atom. The number of amides is 2. The molecule has 2 saturated heterocycles. The minimum atomic E-state index is -0.484. The van der Waals surface area contributed by atoms with Gasteiger partial charge < -0.3 is 14.5 Å². The van der Waals surface area contributed by atoms with Crippen molar-refractivity contribution in [3.63, 3.8) is 0 Å². The van der Waals surface area contributed by atoms with E-state index in [9.17, 15) is 14.4 Å². The Labute approximate surface area is 148 Å². The fourth-order valence-corrected chi connectivity index (χ4v) is 3.86. The molecule has 24 heavy (non-hydrogen) atoms. The van der Waals surface area contributed by atoms with E-state index in [1.807, 2.05) is 25.7 Å². The summed E-state index contributed by atoms with van der Waals surface area (Å²) < 4.78 is 5.40. The van der Waals surface area contributed by atoms with E-state index in [0.29, 0.717) is 37.7 Å². The molecule has 7 heteroatoms. The van der Waals surface area contributed by atoms with Crippen LogP contribution in [-0.4, -0.2) is 64.4 Å². The zero-order valence-electron chi connectivity index (χ0n) is 15.0. The summed E-state index contributed by atoms with van der Waals surface area (Å²) in [6, 6.07) is 0. The number of ether oxygens (including phenoxy) is 1. The second kappa shape index (κ2) is 7.76. The summed E-state index contributed by atoms with van der Waals surface area (Å²) >= 11 is 1.30. The molecule has 0 radical (unpaired) electrons. The lowest BCUT2D eigenvalue weighted by Gasteiger charge is -2.25. The monoisotopic (exact) mass is 356 g/mol. The summed E-state index contributed by atoms with van der Waals surface area (Å²) in [7, 11) is 0. The first-order valence-corrected chi connectivity index (χ1v) is 9.51. The van der Waals surface area contributed by atoms with Gasteiger partial charge in [0.1, 0.15) is 5.60 Å². The van der Waals surface area contributed by atoms with Crippen LogP contribution in [0.15, 0.2) is 0 Å². The molecule has 0 aromatic carbocycles. The molecule has 2 unspecified atom stereocenters. The van der Waals surface area contributed by atoms with Crippen LogP contribution >= 0.6 is 11.8 Å². The lowest BCUT2D eigenvalue weighted by atomic mass is 10.1. The summed E-state index contributed by atoms with van der Waals surface area (Å²) in [6.07, 6.45) is 1.16. The second-order valence-electron chi connectivity index (χ2n) is 7.75. The Bertz CT molecular complexity index is 503. The van der Waals surface area contributed by atoms with Gasteiger partial charge in [-0.05, 0) is 39.0 Å². The summed E-state index contributed by atoms with van der Waals surface area (Å²) in [5.41, 5.74) is -0.484. The summed E-state index contributed by atoms with van der Waals surface area (Å²) in [4.78, 5) is 38.9. The molecule has 2 aliphatic rings. The number of carbonyl (C=O) groups is 3. The molecular weight excluding hydrogens is 328 g/mol. The maximum atomic E-state index is 12.1. The van der Waals surface area contributed by atoms with Gasteiger partial charge >= 0.3 is 6.09 Å². The maximum absolute atomic E-state index is 12.1. The lowest BCUT2D eigenvalue weighted by molar-refractivity contribution is -0.128. The van der Waals surface area contributed by atoms with Crippen LogP contribution in [0, 0.1) is 11.8 Å². The molecule has 0 N–H and O–H groups in total. The first-order valence-electron chi connectivity index (χ1n) is 8.53. The van der Waals surface area contributed by atoms with E-state index in [1.165, 1.54) is 11.8 Å². The highest BCUT2D eigenvalue weighted by Gasteiger charge is 2.35.